The number of phenols is 1. The van der Waals surface area contributed by atoms with Gasteiger partial charge in [0.1, 0.15) is 5.75 Å². The largest absolute Gasteiger partial charge is 0.508 e. The average molecular weight is 549 g/mol. The summed E-state index contributed by atoms with van der Waals surface area (Å²) in [4.78, 5) is 29.6. The van der Waals surface area contributed by atoms with Crippen molar-refractivity contribution >= 4 is 36.3 Å². The predicted octanol–water partition coefficient (Wildman–Crippen LogP) is 5.06. The van der Waals surface area contributed by atoms with Crippen molar-refractivity contribution in [3.63, 3.8) is 0 Å². The highest BCUT2D eigenvalue weighted by Crippen LogP contribution is 2.51. The van der Waals surface area contributed by atoms with Gasteiger partial charge in [0.15, 0.2) is 0 Å². The molecular weight excluding hydrogens is 513 g/mol. The number of likely N-dealkylation sites (tertiary alicyclic amines) is 1. The van der Waals surface area contributed by atoms with Crippen LogP contribution in [0.15, 0.2) is 58.5 Å². The van der Waals surface area contributed by atoms with Gasteiger partial charge in [0.25, 0.3) is 0 Å². The number of allylic oxidation sites excluding steroid dienone is 1. The van der Waals surface area contributed by atoms with Crippen molar-refractivity contribution in [2.45, 2.75) is 58.0 Å². The Balaban J connectivity index is 1.41. The van der Waals surface area contributed by atoms with Gasteiger partial charge in [-0.3, -0.25) is 14.5 Å². The van der Waals surface area contributed by atoms with Crippen LogP contribution in [-0.4, -0.2) is 53.8 Å². The van der Waals surface area contributed by atoms with Gasteiger partial charge in [-0.1, -0.05) is 43.2 Å². The Bertz CT molecular complexity index is 1260. The van der Waals surface area contributed by atoms with Gasteiger partial charge in [-0.05, 0) is 78.2 Å². The maximum Gasteiger partial charge on any atom is 0.455 e. The number of imide groups is 1. The normalized spacial score (nSPS) is 25.4. The van der Waals surface area contributed by atoms with E-state index in [0.717, 1.165) is 40.8 Å². The molecule has 3 heterocycles. The number of aromatic hydroxyl groups is 1. The maximum atomic E-state index is 13.7. The lowest BCUT2D eigenvalue weighted by atomic mass is 9.58. The third-order valence-corrected chi connectivity index (χ3v) is 9.01. The first kappa shape index (κ1) is 27.8. The summed E-state index contributed by atoms with van der Waals surface area (Å²) < 4.78 is 11.7. The molecule has 1 aromatic carbocycles. The summed E-state index contributed by atoms with van der Waals surface area (Å²) in [5.74, 6) is -1.19. The number of hydrogen-bond donors (Lipinski definition) is 2. The van der Waals surface area contributed by atoms with Gasteiger partial charge in [0.2, 0.25) is 11.8 Å². The number of phenolic OH excluding ortho intramolecular Hbond substituents is 1. The minimum atomic E-state index is -0.995. The van der Waals surface area contributed by atoms with Crippen LogP contribution >= 0.6 is 11.3 Å². The number of thiophene rings is 1. The predicted molar refractivity (Wildman–Crippen MR) is 152 cm³/mol. The molecule has 1 aliphatic carbocycles. The van der Waals surface area contributed by atoms with Gasteiger partial charge >= 0.3 is 7.12 Å². The van der Waals surface area contributed by atoms with Gasteiger partial charge in [0.05, 0.1) is 31.1 Å². The Kier molecular flexibility index (Phi) is 8.71. The van der Waals surface area contributed by atoms with Crippen LogP contribution in [0.2, 0.25) is 6.32 Å². The molecular formula is C30H36BNO6S. The molecule has 3 aliphatic rings. The minimum absolute atomic E-state index is 0.122. The Morgan fingerprint density at radius 3 is 2.77 bits per heavy atom. The second-order valence-electron chi connectivity index (χ2n) is 10.8. The minimum Gasteiger partial charge on any atom is -0.508 e. The van der Waals surface area contributed by atoms with E-state index >= 15 is 0 Å². The summed E-state index contributed by atoms with van der Waals surface area (Å²) in [6.07, 6.45) is 5.83. The number of ether oxygens (including phenoxy) is 1. The molecule has 0 unspecified atom stereocenters. The Hall–Kier alpha value is -2.72. The third-order valence-electron chi connectivity index (χ3n) is 8.15. The van der Waals surface area contributed by atoms with E-state index in [1.165, 1.54) is 21.8 Å². The molecule has 0 radical (unpaired) electrons. The topological polar surface area (TPSA) is 96.3 Å². The molecule has 39 heavy (non-hydrogen) atoms. The van der Waals surface area contributed by atoms with Crippen LogP contribution in [0.3, 0.4) is 0 Å². The second kappa shape index (κ2) is 12.2. The molecule has 7 nitrogen and oxygen atoms in total. The molecule has 2 fully saturated rings. The van der Waals surface area contributed by atoms with E-state index in [9.17, 15) is 19.7 Å². The lowest BCUT2D eigenvalue weighted by Gasteiger charge is -2.43. The van der Waals surface area contributed by atoms with Crippen molar-refractivity contribution in [3.05, 3.63) is 68.9 Å². The summed E-state index contributed by atoms with van der Waals surface area (Å²) in [5.41, 5.74) is 4.24. The fourth-order valence-electron chi connectivity index (χ4n) is 6.61. The molecule has 0 spiro atoms. The van der Waals surface area contributed by atoms with Crippen molar-refractivity contribution in [3.8, 4) is 5.75 Å². The van der Waals surface area contributed by atoms with Gasteiger partial charge in [-0.25, -0.2) is 0 Å². The fraction of sp³-hybridized carbons (Fsp3) is 0.467. The maximum absolute atomic E-state index is 13.7. The first-order valence-corrected chi connectivity index (χ1v) is 14.7. The molecule has 2 amide bonds. The zero-order valence-corrected chi connectivity index (χ0v) is 23.4. The molecule has 4 atom stereocenters. The van der Waals surface area contributed by atoms with E-state index in [4.69, 9.17) is 9.39 Å². The van der Waals surface area contributed by atoms with E-state index in [2.05, 4.69) is 13.0 Å². The lowest BCUT2D eigenvalue weighted by molar-refractivity contribution is -0.140. The van der Waals surface area contributed by atoms with Crippen LogP contribution in [0.4, 0.5) is 0 Å². The second-order valence-corrected chi connectivity index (χ2v) is 11.8. The number of carbonyl (C=O) groups is 2. The number of nitrogens with zero attached hydrogens (tertiary/aromatic N) is 1. The molecule has 2 N–H and O–H groups in total. The molecule has 5 rings (SSSR count). The molecule has 206 valence electrons. The van der Waals surface area contributed by atoms with Crippen molar-refractivity contribution in [1.82, 2.24) is 4.90 Å². The molecule has 9 heteroatoms. The summed E-state index contributed by atoms with van der Waals surface area (Å²) in [6.45, 7) is 2.81. The summed E-state index contributed by atoms with van der Waals surface area (Å²) >= 11 is 1.54. The van der Waals surface area contributed by atoms with Crippen molar-refractivity contribution in [2.24, 2.45) is 17.8 Å². The number of methoxy groups -OCH3 is 1. The number of benzene rings is 1. The van der Waals surface area contributed by atoms with E-state index < -0.39 is 19.0 Å². The molecule has 2 aliphatic heterocycles. The fourth-order valence-corrected chi connectivity index (χ4v) is 7.30. The summed E-state index contributed by atoms with van der Waals surface area (Å²) in [5, 5.41) is 22.6. The van der Waals surface area contributed by atoms with Crippen LogP contribution in [0, 0.1) is 17.8 Å². The van der Waals surface area contributed by atoms with Gasteiger partial charge < -0.3 is 19.5 Å². The highest BCUT2D eigenvalue weighted by molar-refractivity contribution is 7.09. The number of hydrogen-bond acceptors (Lipinski definition) is 7. The van der Waals surface area contributed by atoms with Gasteiger partial charge in [-0.15, -0.1) is 11.3 Å². The zero-order valence-electron chi connectivity index (χ0n) is 22.5. The zero-order chi connectivity index (χ0) is 27.5. The first-order chi connectivity index (χ1) is 18.9. The van der Waals surface area contributed by atoms with E-state index in [-0.39, 0.29) is 29.6 Å². The van der Waals surface area contributed by atoms with Crippen LogP contribution in [0.25, 0.3) is 6.08 Å². The SMILES string of the molecule is CCC/C(=C\c1cccc(O)c1)CC[C@H]1OB(O)C[C@H]2C1=C(COC)C[C@H]1C(=O)N(Cc3cccs3)C(=O)[C@H]12. The highest BCUT2D eigenvalue weighted by Gasteiger charge is 2.57. The standard InChI is InChI=1S/C30H36BNO6S/c1-3-6-19(13-20-7-4-8-22(33)14-20)10-11-26-27-21(18-37-2)15-24-28(25(27)16-31(36)38-26)30(35)32(29(24)34)17-23-9-5-12-39-23/h4-5,7-9,12-14,24-26,28,33,36H,3,6,10-11,15-18H2,1-2H3/b19-13+/t24-,25+,26-,28-/m1/s1. The monoisotopic (exact) mass is 549 g/mol. The van der Waals surface area contributed by atoms with Crippen molar-refractivity contribution < 1.29 is 29.1 Å². The third kappa shape index (κ3) is 5.92. The molecule has 2 saturated heterocycles. The number of rotatable bonds is 10. The van der Waals surface area contributed by atoms with Crippen molar-refractivity contribution in [1.29, 1.82) is 0 Å². The quantitative estimate of drug-likeness (QED) is 0.244. The van der Waals surface area contributed by atoms with Crippen LogP contribution < -0.4 is 0 Å². The molecule has 1 aromatic heterocycles. The first-order valence-electron chi connectivity index (χ1n) is 13.8. The molecule has 0 saturated carbocycles. The smallest absolute Gasteiger partial charge is 0.455 e. The van der Waals surface area contributed by atoms with Gasteiger partial charge in [-0.2, -0.15) is 0 Å². The van der Waals surface area contributed by atoms with Gasteiger partial charge in [0, 0.05) is 12.0 Å². The molecule has 2 aromatic rings. The van der Waals surface area contributed by atoms with Crippen LogP contribution in [0.5, 0.6) is 5.75 Å². The lowest BCUT2D eigenvalue weighted by Crippen LogP contribution is -2.46. The number of fused-ring (bicyclic) bond motifs is 3. The number of carbonyl (C=O) groups excluding carboxylic acids is 2. The Morgan fingerprint density at radius 1 is 1.21 bits per heavy atom. The van der Waals surface area contributed by atoms with E-state index in [1.54, 1.807) is 19.2 Å². The van der Waals surface area contributed by atoms with E-state index in [0.29, 0.717) is 32.3 Å². The summed E-state index contributed by atoms with van der Waals surface area (Å²) in [6, 6.07) is 11.1. The van der Waals surface area contributed by atoms with Crippen LogP contribution in [-0.2, 0) is 25.5 Å². The summed E-state index contributed by atoms with van der Waals surface area (Å²) in [7, 11) is 0.648. The molecule has 0 bridgehead atoms. The Labute approximate surface area is 234 Å². The van der Waals surface area contributed by atoms with Crippen LogP contribution in [0.1, 0.15) is 49.5 Å². The number of amides is 2. The van der Waals surface area contributed by atoms with E-state index in [1.807, 2.05) is 29.6 Å². The Morgan fingerprint density at radius 2 is 2.05 bits per heavy atom. The average Bonchev–Trinajstić information content (AvgIpc) is 3.50. The van der Waals surface area contributed by atoms with Crippen molar-refractivity contribution in [2.75, 3.05) is 13.7 Å². The highest BCUT2D eigenvalue weighted by atomic mass is 32.1.